The number of nitrogens with two attached hydrogens (primary N) is 1. The van der Waals surface area contributed by atoms with Crippen molar-refractivity contribution in [3.63, 3.8) is 0 Å². The highest BCUT2D eigenvalue weighted by atomic mass is 16.6. The highest BCUT2D eigenvalue weighted by Gasteiger charge is 2.35. The molecule has 0 radical (unpaired) electrons. The third kappa shape index (κ3) is 4.18. The Morgan fingerprint density at radius 3 is 2.86 bits per heavy atom. The summed E-state index contributed by atoms with van der Waals surface area (Å²) in [5.41, 5.74) is 7.76. The van der Waals surface area contributed by atoms with E-state index in [9.17, 15) is 4.79 Å². The normalized spacial score (nSPS) is 20.6. The third-order valence-corrected chi connectivity index (χ3v) is 3.49. The van der Waals surface area contributed by atoms with Crippen LogP contribution >= 0.6 is 0 Å². The van der Waals surface area contributed by atoms with E-state index in [0.717, 1.165) is 11.1 Å². The van der Waals surface area contributed by atoms with Gasteiger partial charge in [-0.15, -0.1) is 0 Å². The van der Waals surface area contributed by atoms with Crippen LogP contribution in [0.1, 0.15) is 37.9 Å². The van der Waals surface area contributed by atoms with E-state index >= 15 is 0 Å². The van der Waals surface area contributed by atoms with Crippen molar-refractivity contribution in [3.8, 4) is 0 Å². The molecule has 122 valence electrons. The molecule has 22 heavy (non-hydrogen) atoms. The van der Waals surface area contributed by atoms with Crippen LogP contribution in [0, 0.1) is 6.92 Å². The molecule has 6 nitrogen and oxygen atoms in total. The molecule has 0 saturated carbocycles. The Kier molecular flexibility index (Phi) is 5.03. The van der Waals surface area contributed by atoms with Gasteiger partial charge in [0, 0.05) is 18.9 Å². The van der Waals surface area contributed by atoms with E-state index in [1.807, 2.05) is 33.8 Å². The van der Waals surface area contributed by atoms with E-state index in [0.29, 0.717) is 19.8 Å². The van der Waals surface area contributed by atoms with Crippen LogP contribution in [0.3, 0.4) is 0 Å². The molecule has 1 amide bonds. The van der Waals surface area contributed by atoms with Crippen molar-refractivity contribution in [1.29, 1.82) is 0 Å². The van der Waals surface area contributed by atoms with Crippen molar-refractivity contribution in [2.45, 2.75) is 45.4 Å². The number of amides is 1. The lowest BCUT2D eigenvalue weighted by Crippen LogP contribution is -2.54. The summed E-state index contributed by atoms with van der Waals surface area (Å²) in [5, 5.41) is 0. The second kappa shape index (κ2) is 6.62. The van der Waals surface area contributed by atoms with E-state index in [2.05, 4.69) is 4.98 Å². The van der Waals surface area contributed by atoms with Crippen LogP contribution in [-0.2, 0) is 9.47 Å². The van der Waals surface area contributed by atoms with Gasteiger partial charge in [0.25, 0.3) is 0 Å². The van der Waals surface area contributed by atoms with Gasteiger partial charge in [0.15, 0.2) is 0 Å². The second-order valence-corrected chi connectivity index (χ2v) is 6.64. The minimum absolute atomic E-state index is 0.257. The molecule has 2 rings (SSSR count). The summed E-state index contributed by atoms with van der Waals surface area (Å²) in [7, 11) is 0. The Hall–Kier alpha value is -1.66. The van der Waals surface area contributed by atoms with Gasteiger partial charge in [-0.3, -0.25) is 9.88 Å². The molecule has 2 N–H and O–H groups in total. The first-order chi connectivity index (χ1) is 10.3. The van der Waals surface area contributed by atoms with Gasteiger partial charge in [-0.1, -0.05) is 6.07 Å². The number of aromatic nitrogens is 1. The quantitative estimate of drug-likeness (QED) is 0.904. The molecule has 1 aromatic heterocycles. The first-order valence-corrected chi connectivity index (χ1v) is 7.52. The molecule has 2 atom stereocenters. The van der Waals surface area contributed by atoms with Crippen LogP contribution in [-0.4, -0.2) is 47.4 Å². The first-order valence-electron chi connectivity index (χ1n) is 7.52. The maximum absolute atomic E-state index is 12.4. The highest BCUT2D eigenvalue weighted by molar-refractivity contribution is 5.69. The van der Waals surface area contributed by atoms with Crippen LogP contribution < -0.4 is 5.73 Å². The predicted octanol–water partition coefficient (Wildman–Crippen LogP) is 2.03. The molecule has 0 spiro atoms. The number of rotatable bonds is 2. The molecule has 0 aromatic carbocycles. The number of ether oxygens (including phenoxy) is 2. The molecular formula is C16H25N3O3. The van der Waals surface area contributed by atoms with E-state index in [1.165, 1.54) is 0 Å². The lowest BCUT2D eigenvalue weighted by atomic mass is 9.99. The number of nitrogens with zero attached hydrogens (tertiary/aromatic N) is 2. The van der Waals surface area contributed by atoms with Crippen molar-refractivity contribution < 1.29 is 14.3 Å². The number of morpholine rings is 1. The van der Waals surface area contributed by atoms with Gasteiger partial charge in [0.2, 0.25) is 0 Å². The van der Waals surface area contributed by atoms with Gasteiger partial charge in [-0.05, 0) is 38.8 Å². The molecule has 1 aromatic rings. The molecule has 6 heteroatoms. The van der Waals surface area contributed by atoms with Crippen molar-refractivity contribution >= 4 is 6.09 Å². The topological polar surface area (TPSA) is 77.7 Å². The second-order valence-electron chi connectivity index (χ2n) is 6.64. The predicted molar refractivity (Wildman–Crippen MR) is 83.4 cm³/mol. The molecule has 1 aliphatic heterocycles. The molecular weight excluding hydrogens is 282 g/mol. The monoisotopic (exact) mass is 307 g/mol. The summed E-state index contributed by atoms with van der Waals surface area (Å²) in [6, 6.07) is 1.37. The van der Waals surface area contributed by atoms with Gasteiger partial charge >= 0.3 is 6.09 Å². The standard InChI is InChI=1S/C16H25N3O3/c1-11-7-12(9-18-8-11)14(17)13-10-21-6-5-19(13)15(20)22-16(2,3)4/h7-9,13-14H,5-6,10,17H2,1-4H3. The Bertz CT molecular complexity index is 528. The highest BCUT2D eigenvalue weighted by Crippen LogP contribution is 2.23. The molecule has 1 aliphatic rings. The number of carbonyl (C=O) groups excluding carboxylic acids is 1. The van der Waals surface area contributed by atoms with Gasteiger partial charge in [0.05, 0.1) is 25.3 Å². The SMILES string of the molecule is Cc1cncc(C(N)C2COCCN2C(=O)OC(C)(C)C)c1. The van der Waals surface area contributed by atoms with E-state index < -0.39 is 5.60 Å². The Morgan fingerprint density at radius 1 is 1.50 bits per heavy atom. The summed E-state index contributed by atoms with van der Waals surface area (Å²) in [6.45, 7) is 8.89. The summed E-state index contributed by atoms with van der Waals surface area (Å²) >= 11 is 0. The molecule has 2 heterocycles. The van der Waals surface area contributed by atoms with Crippen LogP contribution in [0.2, 0.25) is 0 Å². The van der Waals surface area contributed by atoms with E-state index in [4.69, 9.17) is 15.2 Å². The molecule has 1 saturated heterocycles. The number of hydrogen-bond acceptors (Lipinski definition) is 5. The lowest BCUT2D eigenvalue weighted by molar-refractivity contribution is -0.0382. The van der Waals surface area contributed by atoms with Gasteiger partial charge in [-0.2, -0.15) is 0 Å². The number of aryl methyl sites for hydroxylation is 1. The zero-order valence-corrected chi connectivity index (χ0v) is 13.7. The number of carbonyl (C=O) groups is 1. The van der Waals surface area contributed by atoms with Crippen LogP contribution in [0.15, 0.2) is 18.5 Å². The summed E-state index contributed by atoms with van der Waals surface area (Å²) in [5.74, 6) is 0. The Labute approximate surface area is 131 Å². The molecule has 0 aliphatic carbocycles. The van der Waals surface area contributed by atoms with Crippen molar-refractivity contribution in [2.24, 2.45) is 5.73 Å². The minimum Gasteiger partial charge on any atom is -0.444 e. The fraction of sp³-hybridized carbons (Fsp3) is 0.625. The smallest absolute Gasteiger partial charge is 0.410 e. The zero-order valence-electron chi connectivity index (χ0n) is 13.7. The van der Waals surface area contributed by atoms with Gasteiger partial charge in [-0.25, -0.2) is 4.79 Å². The first kappa shape index (κ1) is 16.7. The summed E-state index contributed by atoms with van der Waals surface area (Å²) in [4.78, 5) is 18.2. The van der Waals surface area contributed by atoms with Crippen molar-refractivity contribution in [2.75, 3.05) is 19.8 Å². The average Bonchev–Trinajstić information content (AvgIpc) is 2.44. The lowest BCUT2D eigenvalue weighted by Gasteiger charge is -2.39. The van der Waals surface area contributed by atoms with Crippen LogP contribution in [0.25, 0.3) is 0 Å². The van der Waals surface area contributed by atoms with E-state index in [1.54, 1.807) is 17.3 Å². The van der Waals surface area contributed by atoms with Gasteiger partial charge in [0.1, 0.15) is 5.60 Å². The van der Waals surface area contributed by atoms with Crippen LogP contribution in [0.5, 0.6) is 0 Å². The minimum atomic E-state index is -0.533. The molecule has 0 bridgehead atoms. The molecule has 1 fully saturated rings. The Balaban J connectivity index is 2.17. The number of hydrogen-bond donors (Lipinski definition) is 1. The number of pyridine rings is 1. The molecule has 2 unspecified atom stereocenters. The maximum Gasteiger partial charge on any atom is 0.410 e. The van der Waals surface area contributed by atoms with Crippen molar-refractivity contribution in [1.82, 2.24) is 9.88 Å². The Morgan fingerprint density at radius 2 is 2.23 bits per heavy atom. The maximum atomic E-state index is 12.4. The zero-order chi connectivity index (χ0) is 16.3. The fourth-order valence-electron chi connectivity index (χ4n) is 2.45. The van der Waals surface area contributed by atoms with Crippen LogP contribution in [0.4, 0.5) is 4.79 Å². The third-order valence-electron chi connectivity index (χ3n) is 3.49. The average molecular weight is 307 g/mol. The van der Waals surface area contributed by atoms with E-state index in [-0.39, 0.29) is 18.2 Å². The van der Waals surface area contributed by atoms with Gasteiger partial charge < -0.3 is 15.2 Å². The summed E-state index contributed by atoms with van der Waals surface area (Å²) in [6.07, 6.45) is 3.16. The fourth-order valence-corrected chi connectivity index (χ4v) is 2.45. The summed E-state index contributed by atoms with van der Waals surface area (Å²) < 4.78 is 11.0. The largest absolute Gasteiger partial charge is 0.444 e. The van der Waals surface area contributed by atoms with Crippen molar-refractivity contribution in [3.05, 3.63) is 29.6 Å².